The van der Waals surface area contributed by atoms with Gasteiger partial charge in [-0.2, -0.15) is 0 Å². The first-order chi connectivity index (χ1) is 15.7. The van der Waals surface area contributed by atoms with Gasteiger partial charge in [0.25, 0.3) is 0 Å². The van der Waals surface area contributed by atoms with Crippen LogP contribution < -0.4 is 0 Å². The van der Waals surface area contributed by atoms with E-state index in [1.165, 1.54) is 33.4 Å². The summed E-state index contributed by atoms with van der Waals surface area (Å²) in [5.74, 6) is 0. The van der Waals surface area contributed by atoms with E-state index in [2.05, 4.69) is 123 Å². The Morgan fingerprint density at radius 2 is 0.750 bits per heavy atom. The van der Waals surface area contributed by atoms with E-state index in [0.29, 0.717) is 0 Å². The van der Waals surface area contributed by atoms with Gasteiger partial charge in [0.2, 0.25) is 0 Å². The molecule has 154 valence electrons. The summed E-state index contributed by atoms with van der Waals surface area (Å²) < 4.78 is 0. The van der Waals surface area contributed by atoms with Gasteiger partial charge in [-0.15, -0.1) is 0 Å². The molecule has 0 amide bonds. The maximum Gasteiger partial charge on any atom is 0.0715 e. The van der Waals surface area contributed by atoms with Crippen LogP contribution in [0.2, 0.25) is 0 Å². The van der Waals surface area contributed by atoms with Crippen LogP contribution >= 0.6 is 0 Å². The van der Waals surface area contributed by atoms with E-state index in [9.17, 15) is 0 Å². The summed E-state index contributed by atoms with van der Waals surface area (Å²) in [6.45, 7) is 4.22. The molecular weight excluding hydrogens is 386 g/mol. The summed E-state index contributed by atoms with van der Waals surface area (Å²) in [5, 5.41) is 0. The molecule has 0 bridgehead atoms. The highest BCUT2D eigenvalue weighted by Crippen LogP contribution is 2.31. The van der Waals surface area contributed by atoms with Gasteiger partial charge in [0.05, 0.1) is 11.4 Å². The average molecular weight is 412 g/mol. The molecule has 0 fully saturated rings. The molecule has 1 heterocycles. The average Bonchev–Trinajstić information content (AvgIpc) is 2.85. The first-order valence-electron chi connectivity index (χ1n) is 11.0. The number of nitrogens with zero attached hydrogens (tertiary/aromatic N) is 1. The fraction of sp³-hybridized carbons (Fsp3) is 0.0645. The molecule has 0 saturated carbocycles. The Balaban J connectivity index is 1.60. The van der Waals surface area contributed by atoms with Gasteiger partial charge < -0.3 is 0 Å². The second kappa shape index (κ2) is 8.64. The van der Waals surface area contributed by atoms with E-state index in [4.69, 9.17) is 4.98 Å². The van der Waals surface area contributed by atoms with E-state index < -0.39 is 0 Å². The van der Waals surface area contributed by atoms with E-state index >= 15 is 0 Å². The summed E-state index contributed by atoms with van der Waals surface area (Å²) in [4.78, 5) is 5.02. The van der Waals surface area contributed by atoms with Crippen molar-refractivity contribution in [3.63, 3.8) is 0 Å². The third-order valence-electron chi connectivity index (χ3n) is 5.85. The van der Waals surface area contributed by atoms with Crippen LogP contribution in [0.5, 0.6) is 0 Å². The Hall–Kier alpha value is -3.97. The molecule has 1 heteroatoms. The first kappa shape index (κ1) is 20.0. The largest absolute Gasteiger partial charge is 0.248 e. The molecule has 5 rings (SSSR count). The predicted molar refractivity (Wildman–Crippen MR) is 135 cm³/mol. The fourth-order valence-electron chi connectivity index (χ4n) is 3.93. The number of aryl methyl sites for hydroxylation is 2. The lowest BCUT2D eigenvalue weighted by Gasteiger charge is -2.11. The van der Waals surface area contributed by atoms with Gasteiger partial charge in [0, 0.05) is 11.1 Å². The number of hydrogen-bond acceptors (Lipinski definition) is 1. The van der Waals surface area contributed by atoms with Crippen molar-refractivity contribution < 1.29 is 0 Å². The van der Waals surface area contributed by atoms with Gasteiger partial charge in [-0.1, -0.05) is 114 Å². The molecule has 0 radical (unpaired) electrons. The molecule has 0 saturated heterocycles. The summed E-state index contributed by atoms with van der Waals surface area (Å²) in [6, 6.07) is 40.9. The molecule has 4 aromatic carbocycles. The third kappa shape index (κ3) is 4.24. The van der Waals surface area contributed by atoms with Crippen LogP contribution in [0.25, 0.3) is 44.8 Å². The maximum atomic E-state index is 5.02. The van der Waals surface area contributed by atoms with Crippen LogP contribution in [0.1, 0.15) is 11.1 Å². The molecule has 0 aliphatic rings. The van der Waals surface area contributed by atoms with E-state index in [1.807, 2.05) is 6.07 Å². The molecule has 0 N–H and O–H groups in total. The van der Waals surface area contributed by atoms with Crippen molar-refractivity contribution in [2.24, 2.45) is 0 Å². The molecule has 0 spiro atoms. The minimum absolute atomic E-state index is 0.991. The lowest BCUT2D eigenvalue weighted by Crippen LogP contribution is -1.91. The molecule has 0 aliphatic heterocycles. The Kier molecular flexibility index (Phi) is 5.39. The fourth-order valence-corrected chi connectivity index (χ4v) is 3.93. The summed E-state index contributed by atoms with van der Waals surface area (Å²) in [5.41, 5.74) is 11.6. The van der Waals surface area contributed by atoms with Crippen molar-refractivity contribution in [1.82, 2.24) is 4.98 Å². The Morgan fingerprint density at radius 1 is 0.375 bits per heavy atom. The van der Waals surface area contributed by atoms with E-state index in [1.54, 1.807) is 0 Å². The minimum Gasteiger partial charge on any atom is -0.248 e. The van der Waals surface area contributed by atoms with Crippen molar-refractivity contribution in [2.75, 3.05) is 0 Å². The first-order valence-corrected chi connectivity index (χ1v) is 11.0. The zero-order valence-corrected chi connectivity index (χ0v) is 18.4. The second-order valence-electron chi connectivity index (χ2n) is 8.30. The molecular formula is C31H25N. The van der Waals surface area contributed by atoms with Gasteiger partial charge in [0.15, 0.2) is 0 Å². The zero-order chi connectivity index (χ0) is 21.9. The quantitative estimate of drug-likeness (QED) is 0.289. The smallest absolute Gasteiger partial charge is 0.0715 e. The van der Waals surface area contributed by atoms with Crippen LogP contribution in [-0.4, -0.2) is 4.98 Å². The topological polar surface area (TPSA) is 12.9 Å². The van der Waals surface area contributed by atoms with Crippen molar-refractivity contribution in [3.8, 4) is 44.8 Å². The monoisotopic (exact) mass is 411 g/mol. The highest BCUT2D eigenvalue weighted by atomic mass is 14.7. The van der Waals surface area contributed by atoms with Crippen LogP contribution in [0, 0.1) is 13.8 Å². The van der Waals surface area contributed by atoms with Gasteiger partial charge in [-0.05, 0) is 48.2 Å². The number of rotatable bonds is 4. The van der Waals surface area contributed by atoms with Crippen molar-refractivity contribution in [2.45, 2.75) is 13.8 Å². The molecule has 0 unspecified atom stereocenters. The summed E-state index contributed by atoms with van der Waals surface area (Å²) in [6.07, 6.45) is 0. The molecule has 5 aromatic rings. The lowest BCUT2D eigenvalue weighted by atomic mass is 9.97. The van der Waals surface area contributed by atoms with Crippen LogP contribution in [0.15, 0.2) is 115 Å². The van der Waals surface area contributed by atoms with Gasteiger partial charge >= 0.3 is 0 Å². The third-order valence-corrected chi connectivity index (χ3v) is 5.85. The summed E-state index contributed by atoms with van der Waals surface area (Å²) >= 11 is 0. The number of aromatic nitrogens is 1. The Bertz CT molecular complexity index is 1270. The van der Waals surface area contributed by atoms with Crippen LogP contribution in [0.3, 0.4) is 0 Å². The number of benzene rings is 4. The maximum absolute atomic E-state index is 5.02. The SMILES string of the molecule is Cc1ccc(-c2cc(-c3ccc(-c4ccccc4)cc3)cc(-c3ccc(C)cc3)n2)cc1. The number of pyridine rings is 1. The van der Waals surface area contributed by atoms with Crippen molar-refractivity contribution in [1.29, 1.82) is 0 Å². The van der Waals surface area contributed by atoms with Crippen LogP contribution in [-0.2, 0) is 0 Å². The van der Waals surface area contributed by atoms with Gasteiger partial charge in [0.1, 0.15) is 0 Å². The van der Waals surface area contributed by atoms with Gasteiger partial charge in [-0.25, -0.2) is 4.98 Å². The van der Waals surface area contributed by atoms with E-state index in [0.717, 1.165) is 22.5 Å². The normalized spacial score (nSPS) is 10.8. The molecule has 1 aromatic heterocycles. The zero-order valence-electron chi connectivity index (χ0n) is 18.4. The molecule has 0 aliphatic carbocycles. The van der Waals surface area contributed by atoms with Crippen LogP contribution in [0.4, 0.5) is 0 Å². The minimum atomic E-state index is 0.991. The van der Waals surface area contributed by atoms with E-state index in [-0.39, 0.29) is 0 Å². The lowest BCUT2D eigenvalue weighted by molar-refractivity contribution is 1.31. The molecule has 0 atom stereocenters. The van der Waals surface area contributed by atoms with Crippen molar-refractivity contribution in [3.05, 3.63) is 126 Å². The Labute approximate surface area is 190 Å². The number of hydrogen-bond donors (Lipinski definition) is 0. The standard InChI is InChI=1S/C31H25N/c1-22-8-12-27(13-9-22)30-20-29(21-31(32-30)28-14-10-23(2)11-15-28)26-18-16-25(17-19-26)24-6-4-3-5-7-24/h3-21H,1-2H3. The van der Waals surface area contributed by atoms with Gasteiger partial charge in [-0.3, -0.25) is 0 Å². The second-order valence-corrected chi connectivity index (χ2v) is 8.30. The Morgan fingerprint density at radius 3 is 1.22 bits per heavy atom. The van der Waals surface area contributed by atoms with Crippen molar-refractivity contribution >= 4 is 0 Å². The summed E-state index contributed by atoms with van der Waals surface area (Å²) in [7, 11) is 0. The highest BCUT2D eigenvalue weighted by molar-refractivity contribution is 5.78. The highest BCUT2D eigenvalue weighted by Gasteiger charge is 2.09. The molecule has 1 nitrogen and oxygen atoms in total. The predicted octanol–water partition coefficient (Wildman–Crippen LogP) is 8.37. The molecule has 32 heavy (non-hydrogen) atoms.